The van der Waals surface area contributed by atoms with Gasteiger partial charge >= 0.3 is 0 Å². The van der Waals surface area contributed by atoms with Crippen LogP contribution in [0.1, 0.15) is 35.7 Å². The first-order valence-corrected chi connectivity index (χ1v) is 10.5. The molecule has 0 aliphatic carbocycles. The van der Waals surface area contributed by atoms with Gasteiger partial charge in [0.05, 0.1) is 10.2 Å². The fourth-order valence-electron chi connectivity index (χ4n) is 1.89. The lowest BCUT2D eigenvalue weighted by molar-refractivity contribution is 0.0999. The normalized spacial score (nSPS) is 11.4. The van der Waals surface area contributed by atoms with E-state index in [2.05, 4.69) is 36.8 Å². The maximum Gasteiger partial charge on any atom is 0.248 e. The zero-order valence-electron chi connectivity index (χ0n) is 12.2. The number of unbranched alkanes of at least 4 members (excludes halogenated alkanes) is 1. The number of amides is 1. The van der Waals surface area contributed by atoms with E-state index in [0.29, 0.717) is 5.56 Å². The molecule has 0 spiro atoms. The Labute approximate surface area is 120 Å². The third-order valence-electron chi connectivity index (χ3n) is 2.74. The van der Waals surface area contributed by atoms with E-state index in [0.717, 1.165) is 35.8 Å². The Morgan fingerprint density at radius 3 is 2.47 bits per heavy atom. The van der Waals surface area contributed by atoms with Crippen molar-refractivity contribution >= 4 is 29.7 Å². The fourth-order valence-corrected chi connectivity index (χ4v) is 3.21. The number of hydrogen-bond donors (Lipinski definition) is 1. The standard InChI is InChI=1S/C14H22NO2Si2/c1-5-6-7-10-11(14(15)16)8-9-12(13(10)18)17-19(2,3)4/h8-9H,5-7H2,1-4H3,(H2,15,16). The molecule has 103 valence electrons. The molecule has 0 saturated heterocycles. The van der Waals surface area contributed by atoms with E-state index in [1.807, 2.05) is 6.07 Å². The van der Waals surface area contributed by atoms with Crippen molar-refractivity contribution in [3.8, 4) is 5.75 Å². The van der Waals surface area contributed by atoms with Crippen LogP contribution in [0.5, 0.6) is 5.75 Å². The van der Waals surface area contributed by atoms with Gasteiger partial charge in [-0.05, 0) is 55.4 Å². The van der Waals surface area contributed by atoms with E-state index in [1.54, 1.807) is 6.07 Å². The molecule has 2 N–H and O–H groups in total. The highest BCUT2D eigenvalue weighted by atomic mass is 28.4. The van der Waals surface area contributed by atoms with Gasteiger partial charge in [-0.3, -0.25) is 4.79 Å². The minimum absolute atomic E-state index is 0.384. The van der Waals surface area contributed by atoms with Crippen molar-refractivity contribution in [2.75, 3.05) is 0 Å². The number of nitrogens with two attached hydrogens (primary N) is 1. The molecular formula is C14H22NO2Si2. The van der Waals surface area contributed by atoms with Crippen molar-refractivity contribution in [1.82, 2.24) is 0 Å². The molecule has 0 aliphatic rings. The van der Waals surface area contributed by atoms with Crippen molar-refractivity contribution in [3.63, 3.8) is 0 Å². The first kappa shape index (κ1) is 16.0. The Kier molecular flexibility index (Phi) is 5.37. The monoisotopic (exact) mass is 292 g/mol. The van der Waals surface area contributed by atoms with Crippen LogP contribution in [0.4, 0.5) is 0 Å². The Balaban J connectivity index is 3.21. The van der Waals surface area contributed by atoms with Crippen molar-refractivity contribution < 1.29 is 9.22 Å². The minimum Gasteiger partial charge on any atom is -0.544 e. The van der Waals surface area contributed by atoms with E-state index in [4.69, 9.17) is 10.2 Å². The van der Waals surface area contributed by atoms with E-state index >= 15 is 0 Å². The van der Waals surface area contributed by atoms with Crippen molar-refractivity contribution in [3.05, 3.63) is 23.3 Å². The minimum atomic E-state index is -1.68. The largest absolute Gasteiger partial charge is 0.544 e. The van der Waals surface area contributed by atoms with Crippen LogP contribution in [0.3, 0.4) is 0 Å². The summed E-state index contributed by atoms with van der Waals surface area (Å²) in [5.41, 5.74) is 6.98. The zero-order chi connectivity index (χ0) is 14.6. The van der Waals surface area contributed by atoms with Gasteiger partial charge in [-0.25, -0.2) is 0 Å². The van der Waals surface area contributed by atoms with Crippen LogP contribution in [0, 0.1) is 0 Å². The van der Waals surface area contributed by atoms with Crippen LogP contribution in [0.25, 0.3) is 0 Å². The summed E-state index contributed by atoms with van der Waals surface area (Å²) < 4.78 is 6.03. The lowest BCUT2D eigenvalue weighted by Crippen LogP contribution is -2.33. The fraction of sp³-hybridized carbons (Fsp3) is 0.500. The van der Waals surface area contributed by atoms with Gasteiger partial charge in [0.25, 0.3) is 0 Å². The lowest BCUT2D eigenvalue weighted by atomic mass is 10.0. The molecule has 3 nitrogen and oxygen atoms in total. The van der Waals surface area contributed by atoms with E-state index < -0.39 is 8.32 Å². The molecule has 0 aliphatic heterocycles. The van der Waals surface area contributed by atoms with Crippen molar-refractivity contribution in [2.45, 2.75) is 45.8 Å². The molecule has 1 amide bonds. The van der Waals surface area contributed by atoms with E-state index in [-0.39, 0.29) is 5.91 Å². The smallest absolute Gasteiger partial charge is 0.248 e. The lowest BCUT2D eigenvalue weighted by Gasteiger charge is -2.23. The molecule has 0 fully saturated rings. The number of primary amides is 1. The Bertz CT molecular complexity index is 467. The van der Waals surface area contributed by atoms with E-state index in [9.17, 15) is 4.79 Å². The summed E-state index contributed by atoms with van der Waals surface area (Å²) in [6, 6.07) is 3.60. The third-order valence-corrected chi connectivity index (χ3v) is 4.12. The summed E-state index contributed by atoms with van der Waals surface area (Å²) in [6.45, 7) is 8.52. The van der Waals surface area contributed by atoms with Crippen molar-refractivity contribution in [2.24, 2.45) is 5.73 Å². The molecule has 0 atom stereocenters. The van der Waals surface area contributed by atoms with Crippen LogP contribution in [0.15, 0.2) is 12.1 Å². The Hall–Kier alpha value is -1.08. The highest BCUT2D eigenvalue weighted by Gasteiger charge is 2.20. The number of hydrogen-bond acceptors (Lipinski definition) is 2. The van der Waals surface area contributed by atoms with Crippen LogP contribution < -0.4 is 15.3 Å². The topological polar surface area (TPSA) is 52.3 Å². The average Bonchev–Trinajstić information content (AvgIpc) is 2.28. The van der Waals surface area contributed by atoms with Gasteiger partial charge < -0.3 is 10.2 Å². The summed E-state index contributed by atoms with van der Waals surface area (Å²) >= 11 is 0. The second kappa shape index (κ2) is 6.39. The maximum absolute atomic E-state index is 11.5. The van der Waals surface area contributed by atoms with Gasteiger partial charge in [-0.1, -0.05) is 13.3 Å². The quantitative estimate of drug-likeness (QED) is 0.817. The number of carbonyl (C=O) groups is 1. The molecule has 0 aromatic heterocycles. The van der Waals surface area contributed by atoms with Crippen LogP contribution in [-0.4, -0.2) is 24.5 Å². The molecule has 19 heavy (non-hydrogen) atoms. The maximum atomic E-state index is 11.5. The summed E-state index contributed by atoms with van der Waals surface area (Å²) in [5, 5.41) is 0.868. The second-order valence-corrected chi connectivity index (χ2v) is 10.6. The second-order valence-electron chi connectivity index (χ2n) is 5.65. The van der Waals surface area contributed by atoms with Gasteiger partial charge in [0, 0.05) is 5.56 Å². The molecule has 3 radical (unpaired) electrons. The van der Waals surface area contributed by atoms with Crippen LogP contribution in [-0.2, 0) is 6.42 Å². The first-order valence-electron chi connectivity index (χ1n) is 6.62. The molecular weight excluding hydrogens is 270 g/mol. The molecule has 0 heterocycles. The number of carbonyl (C=O) groups excluding carboxylic acids is 1. The average molecular weight is 293 g/mol. The number of benzene rings is 1. The third kappa shape index (κ3) is 4.51. The van der Waals surface area contributed by atoms with Gasteiger partial charge in [0.1, 0.15) is 5.75 Å². The molecule has 5 heteroatoms. The molecule has 1 rings (SSSR count). The van der Waals surface area contributed by atoms with E-state index in [1.165, 1.54) is 0 Å². The van der Waals surface area contributed by atoms with Gasteiger partial charge in [-0.15, -0.1) is 0 Å². The summed E-state index contributed by atoms with van der Waals surface area (Å²) in [5.74, 6) is 0.428. The summed E-state index contributed by atoms with van der Waals surface area (Å²) in [6.07, 6.45) is 2.92. The van der Waals surface area contributed by atoms with Crippen LogP contribution >= 0.6 is 0 Å². The summed E-state index contributed by atoms with van der Waals surface area (Å²) in [4.78, 5) is 11.5. The Morgan fingerprint density at radius 1 is 1.37 bits per heavy atom. The molecule has 0 saturated carbocycles. The van der Waals surface area contributed by atoms with Gasteiger partial charge in [0.15, 0.2) is 0 Å². The van der Waals surface area contributed by atoms with Gasteiger partial charge in [0.2, 0.25) is 14.2 Å². The molecule has 1 aromatic rings. The van der Waals surface area contributed by atoms with Gasteiger partial charge in [-0.2, -0.15) is 0 Å². The van der Waals surface area contributed by atoms with Crippen LogP contribution in [0.2, 0.25) is 19.6 Å². The highest BCUT2D eigenvalue weighted by Crippen LogP contribution is 2.19. The molecule has 0 bridgehead atoms. The Morgan fingerprint density at radius 2 is 2.00 bits per heavy atom. The SMILES string of the molecule is CCCCc1c(C(N)=O)ccc(O[Si](C)(C)C)c1[Si]. The summed E-state index contributed by atoms with van der Waals surface area (Å²) in [7, 11) is 1.95. The first-order chi connectivity index (χ1) is 8.76. The molecule has 0 unspecified atom stereocenters. The zero-order valence-corrected chi connectivity index (χ0v) is 14.2. The van der Waals surface area contributed by atoms with Crippen molar-refractivity contribution in [1.29, 1.82) is 0 Å². The molecule has 1 aromatic carbocycles. The highest BCUT2D eigenvalue weighted by molar-refractivity contribution is 6.70. The number of rotatable bonds is 6. The predicted octanol–water partition coefficient (Wildman–Crippen LogP) is 2.14. The predicted molar refractivity (Wildman–Crippen MR) is 82.9 cm³/mol.